The van der Waals surface area contributed by atoms with Crippen molar-refractivity contribution >= 4 is 12.2 Å². The molecule has 0 aliphatic rings. The second-order valence-corrected chi connectivity index (χ2v) is 2.44. The van der Waals surface area contributed by atoms with E-state index in [2.05, 4.69) is 0 Å². The Bertz CT molecular complexity index is 401. The number of carbonyl (C=O) groups is 2. The van der Waals surface area contributed by atoms with E-state index in [9.17, 15) is 14.4 Å². The van der Waals surface area contributed by atoms with E-state index in [0.717, 1.165) is 15.3 Å². The molecule has 1 aromatic rings. The predicted molar refractivity (Wildman–Crippen MR) is 42.7 cm³/mol. The average Bonchev–Trinajstić information content (AvgIpc) is 2.32. The Hall–Kier alpha value is -1.85. The van der Waals surface area contributed by atoms with Crippen LogP contribution in [0.3, 0.4) is 0 Å². The number of hydrogen-bond donors (Lipinski definition) is 1. The summed E-state index contributed by atoms with van der Waals surface area (Å²) in [4.78, 5) is 32.1. The van der Waals surface area contributed by atoms with Gasteiger partial charge in [-0.2, -0.15) is 0 Å². The highest BCUT2D eigenvalue weighted by Crippen LogP contribution is 2.03. The van der Waals surface area contributed by atoms with Gasteiger partial charge in [0.15, 0.2) is 0 Å². The Labute approximate surface area is 73.0 Å². The quantitative estimate of drug-likeness (QED) is 0.611. The Morgan fingerprint density at radius 1 is 1.69 bits per heavy atom. The molecular formula is C7H8N2O4. The lowest BCUT2D eigenvalue weighted by Crippen LogP contribution is -2.27. The topological polar surface area (TPSA) is 81.3 Å². The molecule has 0 atom stereocenters. The minimum Gasteiger partial charge on any atom is -0.493 e. The third-order valence-corrected chi connectivity index (χ3v) is 1.55. The molecule has 0 aromatic carbocycles. The molecule has 0 radical (unpaired) electrons. The van der Waals surface area contributed by atoms with E-state index >= 15 is 0 Å². The van der Waals surface area contributed by atoms with Crippen molar-refractivity contribution in [3.05, 3.63) is 16.7 Å². The van der Waals surface area contributed by atoms with Crippen LogP contribution in [0.15, 0.2) is 11.0 Å². The third kappa shape index (κ3) is 1.51. The van der Waals surface area contributed by atoms with E-state index < -0.39 is 17.5 Å². The maximum atomic E-state index is 11.2. The molecule has 0 amide bonds. The van der Waals surface area contributed by atoms with Crippen molar-refractivity contribution in [3.63, 3.8) is 0 Å². The summed E-state index contributed by atoms with van der Waals surface area (Å²) in [7, 11) is 0. The number of rotatable bonds is 2. The van der Waals surface area contributed by atoms with Gasteiger partial charge >= 0.3 is 5.69 Å². The lowest BCUT2D eigenvalue weighted by Gasteiger charge is -1.93. The van der Waals surface area contributed by atoms with Crippen LogP contribution in [0.1, 0.15) is 11.7 Å². The Balaban J connectivity index is 3.30. The van der Waals surface area contributed by atoms with Crippen LogP contribution in [0.5, 0.6) is 5.88 Å². The molecule has 70 valence electrons. The van der Waals surface area contributed by atoms with Gasteiger partial charge in [0.2, 0.25) is 11.8 Å². The summed E-state index contributed by atoms with van der Waals surface area (Å²) in [6, 6.07) is 0. The highest BCUT2D eigenvalue weighted by Gasteiger charge is 2.11. The molecule has 0 saturated carbocycles. The zero-order valence-electron chi connectivity index (χ0n) is 6.93. The molecule has 0 unspecified atom stereocenters. The highest BCUT2D eigenvalue weighted by molar-refractivity contribution is 5.76. The number of imidazole rings is 1. The molecule has 13 heavy (non-hydrogen) atoms. The third-order valence-electron chi connectivity index (χ3n) is 1.55. The zero-order chi connectivity index (χ0) is 10.0. The number of hydrogen-bond acceptors (Lipinski definition) is 4. The van der Waals surface area contributed by atoms with Crippen LogP contribution in [-0.4, -0.2) is 26.4 Å². The van der Waals surface area contributed by atoms with Gasteiger partial charge in [-0.15, -0.1) is 0 Å². The summed E-state index contributed by atoms with van der Waals surface area (Å²) < 4.78 is 1.53. The van der Waals surface area contributed by atoms with E-state index in [1.165, 1.54) is 6.92 Å². The first-order valence-electron chi connectivity index (χ1n) is 3.53. The number of aromatic nitrogens is 2. The van der Waals surface area contributed by atoms with Gasteiger partial charge < -0.3 is 9.90 Å². The first-order chi connectivity index (χ1) is 6.07. The fraction of sp³-hybridized carbons (Fsp3) is 0.286. The summed E-state index contributed by atoms with van der Waals surface area (Å²) in [6.07, 6.45) is 1.44. The van der Waals surface area contributed by atoms with Crippen molar-refractivity contribution in [2.24, 2.45) is 0 Å². The van der Waals surface area contributed by atoms with Gasteiger partial charge in [-0.25, -0.2) is 9.36 Å². The Morgan fingerprint density at radius 2 is 2.31 bits per heavy atom. The molecule has 1 N–H and O–H groups in total. The van der Waals surface area contributed by atoms with Gasteiger partial charge in [0, 0.05) is 6.92 Å². The molecule has 0 aliphatic carbocycles. The molecule has 0 aliphatic heterocycles. The van der Waals surface area contributed by atoms with Crippen molar-refractivity contribution in [1.82, 2.24) is 9.13 Å². The molecular weight excluding hydrogens is 176 g/mol. The standard InChI is InChI=1S/C7H8N2O4/c1-5(11)9-4-6(12)8(2-3-10)7(9)13/h3-4,12H,2H2,1H3. The van der Waals surface area contributed by atoms with Crippen molar-refractivity contribution in [2.45, 2.75) is 13.5 Å². The second kappa shape index (κ2) is 3.26. The molecule has 0 spiro atoms. The van der Waals surface area contributed by atoms with Gasteiger partial charge in [-0.05, 0) is 0 Å². The largest absolute Gasteiger partial charge is 0.493 e. The van der Waals surface area contributed by atoms with E-state index in [1.54, 1.807) is 0 Å². The van der Waals surface area contributed by atoms with E-state index in [0.29, 0.717) is 6.29 Å². The molecule has 1 rings (SSSR count). The first kappa shape index (κ1) is 9.24. The minimum atomic E-state index is -0.711. The minimum absolute atomic E-state index is 0.259. The first-order valence-corrected chi connectivity index (χ1v) is 3.53. The van der Waals surface area contributed by atoms with Gasteiger partial charge in [0.25, 0.3) is 0 Å². The fourth-order valence-corrected chi connectivity index (χ4v) is 0.940. The molecule has 6 heteroatoms. The molecule has 0 bridgehead atoms. The monoisotopic (exact) mass is 184 g/mol. The maximum absolute atomic E-state index is 11.2. The summed E-state index contributed by atoms with van der Waals surface area (Å²) in [5.74, 6) is -0.905. The fourth-order valence-electron chi connectivity index (χ4n) is 0.940. The second-order valence-electron chi connectivity index (χ2n) is 2.44. The summed E-state index contributed by atoms with van der Waals surface area (Å²) in [5.41, 5.74) is -0.711. The van der Waals surface area contributed by atoms with Crippen LogP contribution < -0.4 is 5.69 Å². The van der Waals surface area contributed by atoms with Crippen LogP contribution in [0.2, 0.25) is 0 Å². The molecule has 0 saturated heterocycles. The smallest absolute Gasteiger partial charge is 0.338 e. The van der Waals surface area contributed by atoms with E-state index in [1.807, 2.05) is 0 Å². The van der Waals surface area contributed by atoms with Crippen LogP contribution in [0, 0.1) is 0 Å². The highest BCUT2D eigenvalue weighted by atomic mass is 16.3. The molecule has 0 fully saturated rings. The lowest BCUT2D eigenvalue weighted by molar-refractivity contribution is -0.108. The van der Waals surface area contributed by atoms with Crippen LogP contribution in [0.4, 0.5) is 0 Å². The summed E-state index contributed by atoms with van der Waals surface area (Å²) in [5, 5.41) is 9.12. The average molecular weight is 184 g/mol. The number of carbonyl (C=O) groups excluding carboxylic acids is 2. The van der Waals surface area contributed by atoms with E-state index in [4.69, 9.17) is 5.11 Å². The normalized spacial score (nSPS) is 9.92. The van der Waals surface area contributed by atoms with Gasteiger partial charge in [0.1, 0.15) is 6.29 Å². The van der Waals surface area contributed by atoms with Crippen molar-refractivity contribution in [3.8, 4) is 5.88 Å². The Kier molecular flexibility index (Phi) is 2.32. The van der Waals surface area contributed by atoms with E-state index in [-0.39, 0.29) is 6.54 Å². The van der Waals surface area contributed by atoms with Gasteiger partial charge in [-0.1, -0.05) is 0 Å². The number of aldehydes is 1. The lowest BCUT2D eigenvalue weighted by atomic mass is 10.7. The summed E-state index contributed by atoms with van der Waals surface area (Å²) in [6.45, 7) is 0.928. The molecule has 6 nitrogen and oxygen atoms in total. The van der Waals surface area contributed by atoms with Crippen LogP contribution in [-0.2, 0) is 11.3 Å². The maximum Gasteiger partial charge on any atom is 0.338 e. The molecule has 1 heterocycles. The van der Waals surface area contributed by atoms with Crippen molar-refractivity contribution in [1.29, 1.82) is 0 Å². The van der Waals surface area contributed by atoms with Crippen molar-refractivity contribution < 1.29 is 14.7 Å². The number of aromatic hydroxyl groups is 1. The number of nitrogens with zero attached hydrogens (tertiary/aromatic N) is 2. The van der Waals surface area contributed by atoms with Crippen LogP contribution >= 0.6 is 0 Å². The van der Waals surface area contributed by atoms with Gasteiger partial charge in [0.05, 0.1) is 12.7 Å². The van der Waals surface area contributed by atoms with Gasteiger partial charge in [-0.3, -0.25) is 9.36 Å². The van der Waals surface area contributed by atoms with Crippen molar-refractivity contribution in [2.75, 3.05) is 0 Å². The predicted octanol–water partition coefficient (Wildman–Crippen LogP) is -0.786. The zero-order valence-corrected chi connectivity index (χ0v) is 6.93. The summed E-state index contributed by atoms with van der Waals surface area (Å²) >= 11 is 0. The SMILES string of the molecule is CC(=O)n1cc(O)n(CC=O)c1=O. The van der Waals surface area contributed by atoms with Crippen LogP contribution in [0.25, 0.3) is 0 Å². The Morgan fingerprint density at radius 3 is 2.69 bits per heavy atom. The molecule has 1 aromatic heterocycles.